The number of rotatable bonds is 2. The van der Waals surface area contributed by atoms with E-state index in [1.807, 2.05) is 12.3 Å². The fourth-order valence-electron chi connectivity index (χ4n) is 2.56. The first-order chi connectivity index (χ1) is 9.69. The Morgan fingerprint density at radius 1 is 0.950 bits per heavy atom. The van der Waals surface area contributed by atoms with Crippen molar-refractivity contribution >= 4 is 10.9 Å². The van der Waals surface area contributed by atoms with Gasteiger partial charge in [0.25, 0.3) is 0 Å². The van der Waals surface area contributed by atoms with E-state index in [1.165, 1.54) is 22.1 Å². The van der Waals surface area contributed by atoms with Crippen LogP contribution in [0.3, 0.4) is 0 Å². The average molecular weight is 263 g/mol. The minimum absolute atomic E-state index is 0.919. The van der Waals surface area contributed by atoms with E-state index in [1.54, 1.807) is 7.11 Å². The fourth-order valence-corrected chi connectivity index (χ4v) is 2.56. The first kappa shape index (κ1) is 12.7. The molecule has 0 saturated carbocycles. The molecule has 2 heteroatoms. The van der Waals surface area contributed by atoms with Gasteiger partial charge in [0.2, 0.25) is 0 Å². The second-order valence-corrected chi connectivity index (χ2v) is 5.06. The van der Waals surface area contributed by atoms with Crippen molar-refractivity contribution in [2.45, 2.75) is 13.8 Å². The van der Waals surface area contributed by atoms with E-state index in [0.29, 0.717) is 0 Å². The van der Waals surface area contributed by atoms with Gasteiger partial charge in [-0.1, -0.05) is 18.2 Å². The van der Waals surface area contributed by atoms with E-state index in [-0.39, 0.29) is 0 Å². The van der Waals surface area contributed by atoms with Gasteiger partial charge in [0.15, 0.2) is 0 Å². The lowest BCUT2D eigenvalue weighted by Crippen LogP contribution is -1.89. The Morgan fingerprint density at radius 3 is 2.55 bits per heavy atom. The van der Waals surface area contributed by atoms with Gasteiger partial charge in [-0.15, -0.1) is 0 Å². The summed E-state index contributed by atoms with van der Waals surface area (Å²) in [7, 11) is 1.70. The average Bonchev–Trinajstić information content (AvgIpc) is 2.46. The number of aromatic nitrogens is 1. The molecule has 2 aromatic carbocycles. The molecule has 3 rings (SSSR count). The molecule has 100 valence electrons. The number of nitrogens with zero attached hydrogens (tertiary/aromatic N) is 1. The van der Waals surface area contributed by atoms with Crippen LogP contribution in [0, 0.1) is 13.8 Å². The highest BCUT2D eigenvalue weighted by Crippen LogP contribution is 2.31. The van der Waals surface area contributed by atoms with E-state index in [2.05, 4.69) is 55.2 Å². The Hall–Kier alpha value is -2.35. The Kier molecular flexibility index (Phi) is 3.15. The molecule has 20 heavy (non-hydrogen) atoms. The molecule has 0 bridgehead atoms. The summed E-state index contributed by atoms with van der Waals surface area (Å²) in [6.07, 6.45) is 1.87. The molecule has 0 aliphatic rings. The fraction of sp³-hybridized carbons (Fsp3) is 0.167. The minimum atomic E-state index is 0.919. The molecule has 0 unspecified atom stereocenters. The normalized spacial score (nSPS) is 10.8. The van der Waals surface area contributed by atoms with Gasteiger partial charge in [-0.05, 0) is 60.4 Å². The van der Waals surface area contributed by atoms with Crippen molar-refractivity contribution in [3.8, 4) is 16.9 Å². The van der Waals surface area contributed by atoms with E-state index in [0.717, 1.165) is 16.8 Å². The highest BCUT2D eigenvalue weighted by atomic mass is 16.5. The van der Waals surface area contributed by atoms with Gasteiger partial charge in [-0.3, -0.25) is 4.98 Å². The zero-order valence-corrected chi connectivity index (χ0v) is 12.0. The molecule has 0 aliphatic heterocycles. The number of aryl methyl sites for hydroxylation is 2. The predicted molar refractivity (Wildman–Crippen MR) is 83.2 cm³/mol. The zero-order valence-electron chi connectivity index (χ0n) is 12.0. The van der Waals surface area contributed by atoms with Gasteiger partial charge in [0, 0.05) is 11.6 Å². The predicted octanol–water partition coefficient (Wildman–Crippen LogP) is 4.53. The summed E-state index contributed by atoms with van der Waals surface area (Å²) in [6, 6.07) is 14.7. The van der Waals surface area contributed by atoms with Crippen LogP contribution in [0.4, 0.5) is 0 Å². The SMILES string of the molecule is COc1ccc(-c2ccnc3cc(C)ccc23)cc1C. The van der Waals surface area contributed by atoms with E-state index in [9.17, 15) is 0 Å². The molecule has 3 aromatic rings. The van der Waals surface area contributed by atoms with E-state index in [4.69, 9.17) is 4.74 Å². The Balaban J connectivity index is 2.21. The van der Waals surface area contributed by atoms with Crippen molar-refractivity contribution in [2.75, 3.05) is 7.11 Å². The smallest absolute Gasteiger partial charge is 0.121 e. The Bertz CT molecular complexity index is 777. The van der Waals surface area contributed by atoms with Crippen LogP contribution in [-0.2, 0) is 0 Å². The third-order valence-corrected chi connectivity index (χ3v) is 3.60. The van der Waals surface area contributed by atoms with Gasteiger partial charge < -0.3 is 4.74 Å². The van der Waals surface area contributed by atoms with Crippen LogP contribution in [0.1, 0.15) is 11.1 Å². The largest absolute Gasteiger partial charge is 0.496 e. The number of methoxy groups -OCH3 is 1. The van der Waals surface area contributed by atoms with E-state index >= 15 is 0 Å². The summed E-state index contributed by atoms with van der Waals surface area (Å²) < 4.78 is 5.33. The number of ether oxygens (including phenoxy) is 1. The zero-order chi connectivity index (χ0) is 14.1. The van der Waals surface area contributed by atoms with Crippen molar-refractivity contribution in [3.63, 3.8) is 0 Å². The molecule has 2 nitrogen and oxygen atoms in total. The molecule has 0 aliphatic carbocycles. The molecule has 0 N–H and O–H groups in total. The van der Waals surface area contributed by atoms with Crippen LogP contribution in [0.5, 0.6) is 5.75 Å². The first-order valence-corrected chi connectivity index (χ1v) is 6.69. The van der Waals surface area contributed by atoms with Crippen LogP contribution in [0.15, 0.2) is 48.7 Å². The van der Waals surface area contributed by atoms with Crippen LogP contribution in [0.2, 0.25) is 0 Å². The molecular weight excluding hydrogens is 246 g/mol. The maximum absolute atomic E-state index is 5.33. The summed E-state index contributed by atoms with van der Waals surface area (Å²) in [5.74, 6) is 0.919. The van der Waals surface area contributed by atoms with Crippen molar-refractivity contribution in [1.29, 1.82) is 0 Å². The first-order valence-electron chi connectivity index (χ1n) is 6.69. The summed E-state index contributed by atoms with van der Waals surface area (Å²) in [5, 5.41) is 1.18. The standard InChI is InChI=1S/C18H17NO/c1-12-4-6-16-15(8-9-19-17(16)10-12)14-5-7-18(20-3)13(2)11-14/h4-11H,1-3H3. The quantitative estimate of drug-likeness (QED) is 0.677. The highest BCUT2D eigenvalue weighted by Gasteiger charge is 2.07. The summed E-state index contributed by atoms with van der Waals surface area (Å²) >= 11 is 0. The van der Waals surface area contributed by atoms with Gasteiger partial charge >= 0.3 is 0 Å². The molecule has 1 heterocycles. The maximum Gasteiger partial charge on any atom is 0.121 e. The third-order valence-electron chi connectivity index (χ3n) is 3.60. The molecule has 0 amide bonds. The van der Waals surface area contributed by atoms with Crippen LogP contribution in [0.25, 0.3) is 22.0 Å². The molecule has 0 saturated heterocycles. The van der Waals surface area contributed by atoms with Crippen molar-refractivity contribution in [2.24, 2.45) is 0 Å². The van der Waals surface area contributed by atoms with Crippen LogP contribution in [-0.4, -0.2) is 12.1 Å². The minimum Gasteiger partial charge on any atom is -0.496 e. The lowest BCUT2D eigenvalue weighted by atomic mass is 9.99. The van der Waals surface area contributed by atoms with Gasteiger partial charge in [0.05, 0.1) is 12.6 Å². The number of benzene rings is 2. The lowest BCUT2D eigenvalue weighted by molar-refractivity contribution is 0.412. The highest BCUT2D eigenvalue weighted by molar-refractivity contribution is 5.94. The number of fused-ring (bicyclic) bond motifs is 1. The summed E-state index contributed by atoms with van der Waals surface area (Å²) in [4.78, 5) is 4.46. The molecule has 1 aromatic heterocycles. The number of hydrogen-bond acceptors (Lipinski definition) is 2. The molecule has 0 radical (unpaired) electrons. The Morgan fingerprint density at radius 2 is 1.80 bits per heavy atom. The summed E-state index contributed by atoms with van der Waals surface area (Å²) in [5.41, 5.74) is 5.81. The molecule has 0 atom stereocenters. The number of hydrogen-bond donors (Lipinski definition) is 0. The molecule has 0 spiro atoms. The van der Waals surface area contributed by atoms with Gasteiger partial charge in [-0.2, -0.15) is 0 Å². The van der Waals surface area contributed by atoms with Crippen molar-refractivity contribution in [1.82, 2.24) is 4.98 Å². The maximum atomic E-state index is 5.33. The second-order valence-electron chi connectivity index (χ2n) is 5.06. The van der Waals surface area contributed by atoms with Gasteiger partial charge in [-0.25, -0.2) is 0 Å². The summed E-state index contributed by atoms with van der Waals surface area (Å²) in [6.45, 7) is 4.15. The second kappa shape index (κ2) is 4.97. The van der Waals surface area contributed by atoms with Gasteiger partial charge in [0.1, 0.15) is 5.75 Å². The molecule has 0 fully saturated rings. The van der Waals surface area contributed by atoms with Crippen molar-refractivity contribution in [3.05, 3.63) is 59.8 Å². The van der Waals surface area contributed by atoms with E-state index < -0.39 is 0 Å². The van der Waals surface area contributed by atoms with Crippen molar-refractivity contribution < 1.29 is 4.74 Å². The topological polar surface area (TPSA) is 22.1 Å². The monoisotopic (exact) mass is 263 g/mol. The molecular formula is C18H17NO. The number of pyridine rings is 1. The Labute approximate surface area is 119 Å². The lowest BCUT2D eigenvalue weighted by Gasteiger charge is -2.10. The van der Waals surface area contributed by atoms with Crippen LogP contribution < -0.4 is 4.74 Å². The third kappa shape index (κ3) is 2.14. The van der Waals surface area contributed by atoms with Crippen LogP contribution >= 0.6 is 0 Å².